The maximum absolute atomic E-state index is 12.3. The summed E-state index contributed by atoms with van der Waals surface area (Å²) < 4.78 is 0. The molecule has 1 aromatic carbocycles. The summed E-state index contributed by atoms with van der Waals surface area (Å²) in [6, 6.07) is 9.44. The molecule has 5 heteroatoms. The van der Waals surface area contributed by atoms with Gasteiger partial charge in [-0.3, -0.25) is 9.59 Å². The highest BCUT2D eigenvalue weighted by Crippen LogP contribution is 2.17. The second-order valence-corrected chi connectivity index (χ2v) is 5.60. The predicted octanol–water partition coefficient (Wildman–Crippen LogP) is 1.20. The van der Waals surface area contributed by atoms with E-state index in [2.05, 4.69) is 5.32 Å². The van der Waals surface area contributed by atoms with Gasteiger partial charge in [0.05, 0.1) is 0 Å². The zero-order valence-electron chi connectivity index (χ0n) is 12.4. The van der Waals surface area contributed by atoms with Crippen LogP contribution in [0, 0.1) is 0 Å². The zero-order chi connectivity index (χ0) is 15.2. The maximum Gasteiger partial charge on any atom is 0.224 e. The smallest absolute Gasteiger partial charge is 0.224 e. The number of benzene rings is 1. The lowest BCUT2D eigenvalue weighted by molar-refractivity contribution is -0.133. The van der Waals surface area contributed by atoms with Crippen LogP contribution < -0.4 is 11.1 Å². The average molecular weight is 289 g/mol. The highest BCUT2D eigenvalue weighted by atomic mass is 16.2. The average Bonchev–Trinajstić information content (AvgIpc) is 2.47. The van der Waals surface area contributed by atoms with Gasteiger partial charge in [0.2, 0.25) is 11.8 Å². The van der Waals surface area contributed by atoms with Crippen molar-refractivity contribution in [1.29, 1.82) is 0 Å². The van der Waals surface area contributed by atoms with Crippen molar-refractivity contribution >= 4 is 11.8 Å². The lowest BCUT2D eigenvalue weighted by atomic mass is 10.0. The van der Waals surface area contributed by atoms with Crippen molar-refractivity contribution in [3.8, 4) is 0 Å². The van der Waals surface area contributed by atoms with E-state index in [0.29, 0.717) is 13.0 Å². The van der Waals surface area contributed by atoms with Crippen LogP contribution in [0.15, 0.2) is 30.3 Å². The minimum absolute atomic E-state index is 0.0460. The number of hydrogen-bond acceptors (Lipinski definition) is 3. The number of piperidine rings is 1. The second-order valence-electron chi connectivity index (χ2n) is 5.60. The zero-order valence-corrected chi connectivity index (χ0v) is 12.4. The molecule has 0 bridgehead atoms. The van der Waals surface area contributed by atoms with Crippen LogP contribution in [0.1, 0.15) is 37.8 Å². The van der Waals surface area contributed by atoms with Crippen molar-refractivity contribution < 1.29 is 9.59 Å². The van der Waals surface area contributed by atoms with E-state index in [1.807, 2.05) is 35.2 Å². The third kappa shape index (κ3) is 4.56. The SMILES string of the molecule is CC(=O)N[C@H]1CCCN(C(=O)C[C@H](N)c2ccccc2)C1. The van der Waals surface area contributed by atoms with E-state index in [4.69, 9.17) is 5.73 Å². The Labute approximate surface area is 125 Å². The summed E-state index contributed by atoms with van der Waals surface area (Å²) in [5.74, 6) is 0.0108. The molecule has 114 valence electrons. The molecule has 21 heavy (non-hydrogen) atoms. The Hall–Kier alpha value is -1.88. The number of likely N-dealkylation sites (tertiary alicyclic amines) is 1. The van der Waals surface area contributed by atoms with Gasteiger partial charge in [-0.2, -0.15) is 0 Å². The van der Waals surface area contributed by atoms with Gasteiger partial charge in [0.25, 0.3) is 0 Å². The molecule has 1 saturated heterocycles. The third-order valence-electron chi connectivity index (χ3n) is 3.80. The molecule has 2 atom stereocenters. The molecule has 0 saturated carbocycles. The summed E-state index contributed by atoms with van der Waals surface area (Å²) in [7, 11) is 0. The number of amides is 2. The number of hydrogen-bond donors (Lipinski definition) is 2. The molecule has 0 spiro atoms. The van der Waals surface area contributed by atoms with Gasteiger partial charge in [-0.1, -0.05) is 30.3 Å². The highest BCUT2D eigenvalue weighted by Gasteiger charge is 2.25. The van der Waals surface area contributed by atoms with Crippen molar-refractivity contribution in [3.63, 3.8) is 0 Å². The van der Waals surface area contributed by atoms with Crippen LogP contribution in [0.5, 0.6) is 0 Å². The van der Waals surface area contributed by atoms with Gasteiger partial charge in [0.1, 0.15) is 0 Å². The van der Waals surface area contributed by atoms with E-state index in [1.165, 1.54) is 6.92 Å². The summed E-state index contributed by atoms with van der Waals surface area (Å²) in [5, 5.41) is 2.89. The Kier molecular flexibility index (Phi) is 5.33. The first kappa shape index (κ1) is 15.5. The van der Waals surface area contributed by atoms with Crippen molar-refractivity contribution in [2.24, 2.45) is 5.73 Å². The van der Waals surface area contributed by atoms with E-state index in [1.54, 1.807) is 0 Å². The Balaban J connectivity index is 1.89. The van der Waals surface area contributed by atoms with Crippen LogP contribution >= 0.6 is 0 Å². The minimum atomic E-state index is -0.278. The van der Waals surface area contributed by atoms with Gasteiger partial charge >= 0.3 is 0 Å². The largest absolute Gasteiger partial charge is 0.352 e. The van der Waals surface area contributed by atoms with Gasteiger partial charge in [-0.15, -0.1) is 0 Å². The maximum atomic E-state index is 12.3. The molecule has 2 amide bonds. The van der Waals surface area contributed by atoms with Crippen LogP contribution in [-0.2, 0) is 9.59 Å². The van der Waals surface area contributed by atoms with Gasteiger partial charge in [-0.05, 0) is 18.4 Å². The number of rotatable bonds is 4. The Morgan fingerprint density at radius 1 is 1.38 bits per heavy atom. The Morgan fingerprint density at radius 3 is 2.76 bits per heavy atom. The third-order valence-corrected chi connectivity index (χ3v) is 3.80. The molecule has 1 aliphatic heterocycles. The molecule has 3 N–H and O–H groups in total. The van der Waals surface area contributed by atoms with Gasteiger partial charge < -0.3 is 16.0 Å². The van der Waals surface area contributed by atoms with E-state index in [0.717, 1.165) is 24.9 Å². The summed E-state index contributed by atoms with van der Waals surface area (Å²) in [6.45, 7) is 2.84. The quantitative estimate of drug-likeness (QED) is 0.874. The van der Waals surface area contributed by atoms with Crippen LogP contribution in [0.25, 0.3) is 0 Å². The first-order valence-electron chi connectivity index (χ1n) is 7.41. The molecule has 1 heterocycles. The molecule has 0 radical (unpaired) electrons. The van der Waals surface area contributed by atoms with Gasteiger partial charge in [-0.25, -0.2) is 0 Å². The minimum Gasteiger partial charge on any atom is -0.352 e. The van der Waals surface area contributed by atoms with Gasteiger partial charge in [0.15, 0.2) is 0 Å². The number of nitrogens with two attached hydrogens (primary N) is 1. The van der Waals surface area contributed by atoms with E-state index in [9.17, 15) is 9.59 Å². The molecular weight excluding hydrogens is 266 g/mol. The fraction of sp³-hybridized carbons (Fsp3) is 0.500. The van der Waals surface area contributed by atoms with Crippen LogP contribution in [0.3, 0.4) is 0 Å². The normalized spacial score (nSPS) is 19.9. The van der Waals surface area contributed by atoms with Gasteiger partial charge in [0, 0.05) is 38.5 Å². The monoisotopic (exact) mass is 289 g/mol. The summed E-state index contributed by atoms with van der Waals surface area (Å²) in [5.41, 5.74) is 7.07. The number of nitrogens with zero attached hydrogens (tertiary/aromatic N) is 1. The van der Waals surface area contributed by atoms with E-state index in [-0.39, 0.29) is 23.9 Å². The molecule has 1 aromatic rings. The molecule has 2 rings (SSSR count). The molecule has 0 aromatic heterocycles. The molecule has 5 nitrogen and oxygen atoms in total. The van der Waals surface area contributed by atoms with Crippen LogP contribution in [0.2, 0.25) is 0 Å². The lowest BCUT2D eigenvalue weighted by Gasteiger charge is -2.33. The fourth-order valence-corrected chi connectivity index (χ4v) is 2.74. The molecule has 0 aliphatic carbocycles. The predicted molar refractivity (Wildman–Crippen MR) is 81.4 cm³/mol. The molecular formula is C16H23N3O2. The second kappa shape index (κ2) is 7.22. The molecule has 1 fully saturated rings. The molecule has 1 aliphatic rings. The number of nitrogens with one attached hydrogen (secondary N) is 1. The van der Waals surface area contributed by atoms with Crippen molar-refractivity contribution in [2.45, 2.75) is 38.3 Å². The highest BCUT2D eigenvalue weighted by molar-refractivity contribution is 5.77. The first-order valence-corrected chi connectivity index (χ1v) is 7.41. The Morgan fingerprint density at radius 2 is 2.10 bits per heavy atom. The van der Waals surface area contributed by atoms with Crippen LogP contribution in [0.4, 0.5) is 0 Å². The lowest BCUT2D eigenvalue weighted by Crippen LogP contribution is -2.49. The Bertz CT molecular complexity index is 490. The standard InChI is InChI=1S/C16H23N3O2/c1-12(20)18-14-8-5-9-19(11-14)16(21)10-15(17)13-6-3-2-4-7-13/h2-4,6-7,14-15H,5,8-11,17H2,1H3,(H,18,20)/t14-,15-/m0/s1. The van der Waals surface area contributed by atoms with E-state index >= 15 is 0 Å². The van der Waals surface area contributed by atoms with Crippen molar-refractivity contribution in [2.75, 3.05) is 13.1 Å². The molecule has 0 unspecified atom stereocenters. The summed E-state index contributed by atoms with van der Waals surface area (Å²) in [6.07, 6.45) is 2.14. The fourth-order valence-electron chi connectivity index (χ4n) is 2.74. The first-order chi connectivity index (χ1) is 10.1. The number of carbonyl (C=O) groups is 2. The van der Waals surface area contributed by atoms with Crippen molar-refractivity contribution in [1.82, 2.24) is 10.2 Å². The summed E-state index contributed by atoms with van der Waals surface area (Å²) in [4.78, 5) is 25.3. The number of carbonyl (C=O) groups excluding carboxylic acids is 2. The van der Waals surface area contributed by atoms with Crippen molar-refractivity contribution in [3.05, 3.63) is 35.9 Å². The van der Waals surface area contributed by atoms with Crippen LogP contribution in [-0.4, -0.2) is 35.8 Å². The topological polar surface area (TPSA) is 75.4 Å². The summed E-state index contributed by atoms with van der Waals surface area (Å²) >= 11 is 0. The van der Waals surface area contributed by atoms with E-state index < -0.39 is 0 Å².